The summed E-state index contributed by atoms with van der Waals surface area (Å²) >= 11 is 1.71. The van der Waals surface area contributed by atoms with Gasteiger partial charge in [-0.1, -0.05) is 18.2 Å². The number of hydrogen-bond donors (Lipinski definition) is 2. The summed E-state index contributed by atoms with van der Waals surface area (Å²) in [5.41, 5.74) is 2.99. The van der Waals surface area contributed by atoms with Crippen molar-refractivity contribution in [2.75, 3.05) is 44.7 Å². The van der Waals surface area contributed by atoms with Crippen LogP contribution in [0, 0.1) is 6.92 Å². The normalized spacial score (nSPS) is 15.9. The lowest BCUT2D eigenvalue weighted by atomic mass is 10.1. The number of hydrogen-bond acceptors (Lipinski definition) is 6. The summed E-state index contributed by atoms with van der Waals surface area (Å²) in [5.74, 6) is 0.439. The number of anilines is 1. The van der Waals surface area contributed by atoms with Gasteiger partial charge in [-0.3, -0.25) is 15.0 Å². The van der Waals surface area contributed by atoms with Crippen LogP contribution >= 0.6 is 23.7 Å². The van der Waals surface area contributed by atoms with Crippen molar-refractivity contribution in [2.24, 2.45) is 0 Å². The van der Waals surface area contributed by atoms with Crippen LogP contribution in [0.5, 0.6) is 0 Å². The molecule has 2 aliphatic heterocycles. The summed E-state index contributed by atoms with van der Waals surface area (Å²) < 4.78 is 6.63. The first-order chi connectivity index (χ1) is 17.6. The number of thiophene rings is 1. The van der Waals surface area contributed by atoms with Gasteiger partial charge in [0.25, 0.3) is 0 Å². The smallest absolute Gasteiger partial charge is 0.323 e. The zero-order chi connectivity index (χ0) is 24.9. The maximum absolute atomic E-state index is 12.5. The SMILES string of the molecule is Cc1c(CNC(=O)/C=C/c2cnc3c(c2)CN(CCCN2CCOCC2)C(=O)N3)sc2ccccc12.Cl. The summed E-state index contributed by atoms with van der Waals surface area (Å²) in [5, 5.41) is 7.11. The minimum Gasteiger partial charge on any atom is -0.379 e. The Kier molecular flexibility index (Phi) is 9.15. The third-order valence-corrected chi connectivity index (χ3v) is 7.93. The fourth-order valence-corrected chi connectivity index (χ4v) is 5.74. The molecule has 2 aromatic heterocycles. The van der Waals surface area contributed by atoms with Gasteiger partial charge in [0.05, 0.1) is 26.3 Å². The quantitative estimate of drug-likeness (QED) is 0.412. The second-order valence-corrected chi connectivity index (χ2v) is 10.3. The van der Waals surface area contributed by atoms with Gasteiger partial charge < -0.3 is 15.0 Å². The molecule has 3 amide bonds. The van der Waals surface area contributed by atoms with Gasteiger partial charge >= 0.3 is 6.03 Å². The van der Waals surface area contributed by atoms with Gasteiger partial charge in [0.1, 0.15) is 5.82 Å². The van der Waals surface area contributed by atoms with Crippen LogP contribution in [0.4, 0.5) is 10.6 Å². The molecule has 1 saturated heterocycles. The highest BCUT2D eigenvalue weighted by Crippen LogP contribution is 2.30. The molecule has 8 nitrogen and oxygen atoms in total. The van der Waals surface area contributed by atoms with E-state index in [4.69, 9.17) is 4.74 Å². The van der Waals surface area contributed by atoms with Crippen molar-refractivity contribution in [1.29, 1.82) is 0 Å². The van der Waals surface area contributed by atoms with Gasteiger partial charge in [0.15, 0.2) is 0 Å². The third-order valence-electron chi connectivity index (χ3n) is 6.66. The summed E-state index contributed by atoms with van der Waals surface area (Å²) in [6.45, 7) is 8.21. The lowest BCUT2D eigenvalue weighted by Gasteiger charge is -2.31. The molecular formula is C27H32ClN5O3S. The maximum atomic E-state index is 12.5. The van der Waals surface area contributed by atoms with Gasteiger partial charge in [-0.2, -0.15) is 0 Å². The molecular weight excluding hydrogens is 510 g/mol. The molecule has 2 N–H and O–H groups in total. The Balaban J connectivity index is 0.00000320. The molecule has 0 radical (unpaired) electrons. The number of fused-ring (bicyclic) bond motifs is 2. The number of nitrogens with one attached hydrogen (secondary N) is 2. The van der Waals surface area contributed by atoms with Crippen LogP contribution in [0.15, 0.2) is 42.6 Å². The molecule has 37 heavy (non-hydrogen) atoms. The summed E-state index contributed by atoms with van der Waals surface area (Å²) in [6.07, 6.45) is 5.88. The van der Waals surface area contributed by atoms with Gasteiger partial charge in [0.2, 0.25) is 5.91 Å². The standard InChI is InChI=1S/C27H31N5O3S.ClH/c1-19-22-5-2-3-6-23(22)36-24(19)17-28-25(33)8-7-20-15-21-18-32(27(34)30-26(21)29-16-20)10-4-9-31-11-13-35-14-12-31;/h2-3,5-8,15-16H,4,9-14,17-18H2,1H3,(H,28,33)(H,29,30,34);1H/b8-7+;. The van der Waals surface area contributed by atoms with Crippen molar-refractivity contribution in [3.8, 4) is 0 Å². The fraction of sp³-hybridized carbons (Fsp3) is 0.370. The van der Waals surface area contributed by atoms with Crippen LogP contribution < -0.4 is 10.6 Å². The molecule has 0 spiro atoms. The highest BCUT2D eigenvalue weighted by Gasteiger charge is 2.23. The second-order valence-electron chi connectivity index (χ2n) is 9.13. The van der Waals surface area contributed by atoms with E-state index in [-0.39, 0.29) is 24.3 Å². The number of amides is 3. The molecule has 196 valence electrons. The van der Waals surface area contributed by atoms with E-state index >= 15 is 0 Å². The average molecular weight is 542 g/mol. The number of carbonyl (C=O) groups excluding carboxylic acids is 2. The molecule has 0 aliphatic carbocycles. The summed E-state index contributed by atoms with van der Waals surface area (Å²) in [7, 11) is 0. The van der Waals surface area contributed by atoms with Crippen LogP contribution in [-0.2, 0) is 22.6 Å². The molecule has 0 bridgehead atoms. The Hall–Kier alpha value is -2.98. The van der Waals surface area contributed by atoms with Crippen LogP contribution in [0.2, 0.25) is 0 Å². The van der Waals surface area contributed by atoms with Crippen molar-refractivity contribution in [3.05, 3.63) is 64.2 Å². The minimum atomic E-state index is -0.150. The third kappa shape index (κ3) is 6.67. The van der Waals surface area contributed by atoms with E-state index in [2.05, 4.69) is 39.6 Å². The number of morpholine rings is 1. The van der Waals surface area contributed by atoms with Crippen LogP contribution in [0.25, 0.3) is 16.2 Å². The molecule has 0 atom stereocenters. The lowest BCUT2D eigenvalue weighted by molar-refractivity contribution is -0.116. The second kappa shape index (κ2) is 12.5. The van der Waals surface area contributed by atoms with Crippen molar-refractivity contribution in [3.63, 3.8) is 0 Å². The molecule has 1 aromatic carbocycles. The Bertz CT molecular complexity index is 1290. The number of ether oxygens (including phenoxy) is 1. The van der Waals surface area contributed by atoms with Crippen molar-refractivity contribution >= 4 is 57.7 Å². The lowest BCUT2D eigenvalue weighted by Crippen LogP contribution is -2.42. The average Bonchev–Trinajstić information content (AvgIpc) is 3.22. The Morgan fingerprint density at radius 3 is 2.86 bits per heavy atom. The Labute approximate surface area is 227 Å². The van der Waals surface area contributed by atoms with Crippen molar-refractivity contribution in [1.82, 2.24) is 20.1 Å². The predicted octanol–water partition coefficient (Wildman–Crippen LogP) is 4.43. The van der Waals surface area contributed by atoms with E-state index in [9.17, 15) is 9.59 Å². The first kappa shape index (κ1) is 27.1. The zero-order valence-corrected chi connectivity index (χ0v) is 22.5. The van der Waals surface area contributed by atoms with Crippen LogP contribution in [0.1, 0.15) is 28.0 Å². The molecule has 2 aliphatic rings. The highest BCUT2D eigenvalue weighted by molar-refractivity contribution is 7.19. The van der Waals surface area contributed by atoms with E-state index in [0.29, 0.717) is 25.5 Å². The zero-order valence-electron chi connectivity index (χ0n) is 20.9. The molecule has 1 fully saturated rings. The highest BCUT2D eigenvalue weighted by atomic mass is 35.5. The minimum absolute atomic E-state index is 0. The molecule has 5 rings (SSSR count). The Morgan fingerprint density at radius 1 is 1.24 bits per heavy atom. The number of carbonyl (C=O) groups is 2. The molecule has 0 saturated carbocycles. The number of urea groups is 1. The van der Waals surface area contributed by atoms with E-state index in [1.807, 2.05) is 23.1 Å². The maximum Gasteiger partial charge on any atom is 0.323 e. The fourth-order valence-electron chi connectivity index (χ4n) is 4.59. The van der Waals surface area contributed by atoms with Gasteiger partial charge in [-0.05, 0) is 48.1 Å². The number of rotatable bonds is 8. The van der Waals surface area contributed by atoms with Gasteiger partial charge in [-0.15, -0.1) is 23.7 Å². The van der Waals surface area contributed by atoms with Crippen LogP contribution in [-0.4, -0.2) is 66.1 Å². The molecule has 0 unspecified atom stereocenters. The first-order valence-corrected chi connectivity index (χ1v) is 13.2. The number of halogens is 1. The predicted molar refractivity (Wildman–Crippen MR) is 150 cm³/mol. The summed E-state index contributed by atoms with van der Waals surface area (Å²) in [6, 6.07) is 10.2. The summed E-state index contributed by atoms with van der Waals surface area (Å²) in [4.78, 5) is 34.7. The van der Waals surface area contributed by atoms with E-state index in [1.165, 1.54) is 21.7 Å². The number of aryl methyl sites for hydroxylation is 1. The van der Waals surface area contributed by atoms with E-state index in [1.54, 1.807) is 23.6 Å². The molecule has 4 heterocycles. The largest absolute Gasteiger partial charge is 0.379 e. The van der Waals surface area contributed by atoms with Gasteiger partial charge in [-0.25, -0.2) is 9.78 Å². The van der Waals surface area contributed by atoms with E-state index in [0.717, 1.165) is 55.3 Å². The number of benzene rings is 1. The van der Waals surface area contributed by atoms with Gasteiger partial charge in [0, 0.05) is 53.6 Å². The van der Waals surface area contributed by atoms with E-state index < -0.39 is 0 Å². The number of nitrogens with zero attached hydrogens (tertiary/aromatic N) is 3. The molecule has 3 aromatic rings. The van der Waals surface area contributed by atoms with Crippen LogP contribution in [0.3, 0.4) is 0 Å². The number of aromatic nitrogens is 1. The first-order valence-electron chi connectivity index (χ1n) is 12.3. The molecule has 10 heteroatoms. The topological polar surface area (TPSA) is 86.8 Å². The Morgan fingerprint density at radius 2 is 2.05 bits per heavy atom. The number of pyridine rings is 1. The van der Waals surface area contributed by atoms with Crippen molar-refractivity contribution < 1.29 is 14.3 Å². The van der Waals surface area contributed by atoms with Crippen molar-refractivity contribution in [2.45, 2.75) is 26.4 Å². The monoisotopic (exact) mass is 541 g/mol.